The summed E-state index contributed by atoms with van der Waals surface area (Å²) in [7, 11) is 0. The molecule has 0 aromatic heterocycles. The third kappa shape index (κ3) is 2.85. The second-order valence-electron chi connectivity index (χ2n) is 4.71. The van der Waals surface area contributed by atoms with Gasteiger partial charge in [-0.25, -0.2) is 5.84 Å². The summed E-state index contributed by atoms with van der Waals surface area (Å²) in [5.41, 5.74) is 2.09. The van der Waals surface area contributed by atoms with Crippen LogP contribution in [0.4, 0.5) is 0 Å². The molecule has 0 aromatic carbocycles. The molecule has 7 heteroatoms. The normalized spacial score (nSPS) is 22.8. The van der Waals surface area contributed by atoms with Crippen LogP contribution in [-0.2, 0) is 14.4 Å². The maximum absolute atomic E-state index is 11.8. The fraction of sp³-hybridized carbons (Fsp3) is 0.727. The predicted octanol–water partition coefficient (Wildman–Crippen LogP) is -1.26. The van der Waals surface area contributed by atoms with Crippen molar-refractivity contribution < 1.29 is 14.4 Å². The van der Waals surface area contributed by atoms with Crippen molar-refractivity contribution in [3.63, 3.8) is 0 Å². The molecule has 0 spiro atoms. The molecule has 1 heterocycles. The van der Waals surface area contributed by atoms with Crippen LogP contribution in [0.3, 0.4) is 0 Å². The average molecular weight is 256 g/mol. The molecule has 0 saturated carbocycles. The van der Waals surface area contributed by atoms with Gasteiger partial charge in [-0.2, -0.15) is 0 Å². The van der Waals surface area contributed by atoms with Crippen LogP contribution in [0.5, 0.6) is 0 Å². The summed E-state index contributed by atoms with van der Waals surface area (Å²) in [6.07, 6.45) is 0.528. The summed E-state index contributed by atoms with van der Waals surface area (Å²) >= 11 is 0. The van der Waals surface area contributed by atoms with Gasteiger partial charge >= 0.3 is 0 Å². The summed E-state index contributed by atoms with van der Waals surface area (Å²) in [5, 5.41) is 2.28. The summed E-state index contributed by atoms with van der Waals surface area (Å²) in [4.78, 5) is 36.6. The molecule has 4 N–H and O–H groups in total. The highest BCUT2D eigenvalue weighted by molar-refractivity contribution is 6.01. The number of nitrogens with one attached hydrogen (secondary N) is 2. The lowest BCUT2D eigenvalue weighted by molar-refractivity contribution is -0.145. The highest BCUT2D eigenvalue weighted by Gasteiger charge is 2.40. The smallest absolute Gasteiger partial charge is 0.251 e. The van der Waals surface area contributed by atoms with Gasteiger partial charge in [-0.1, -0.05) is 20.8 Å². The number of hydrogen-bond acceptors (Lipinski definition) is 5. The minimum Gasteiger partial charge on any atom is -0.294 e. The quantitative estimate of drug-likeness (QED) is 0.252. The molecule has 1 aliphatic heterocycles. The van der Waals surface area contributed by atoms with Crippen molar-refractivity contribution in [2.24, 2.45) is 11.8 Å². The molecule has 0 aromatic rings. The topological polar surface area (TPSA) is 105 Å². The SMILES string of the molecule is CCC1C(=O)NC(=O)CN1C(C(=O)NN)C(C)C. The van der Waals surface area contributed by atoms with Gasteiger partial charge in [0.1, 0.15) is 0 Å². The van der Waals surface area contributed by atoms with E-state index in [0.29, 0.717) is 6.42 Å². The van der Waals surface area contributed by atoms with E-state index in [1.54, 1.807) is 4.90 Å². The van der Waals surface area contributed by atoms with Crippen LogP contribution in [0, 0.1) is 5.92 Å². The molecular formula is C11H20N4O3. The highest BCUT2D eigenvalue weighted by atomic mass is 16.2. The van der Waals surface area contributed by atoms with Gasteiger partial charge in [0, 0.05) is 0 Å². The van der Waals surface area contributed by atoms with Crippen molar-refractivity contribution in [1.29, 1.82) is 0 Å². The monoisotopic (exact) mass is 256 g/mol. The molecule has 2 atom stereocenters. The standard InChI is InChI=1S/C11H20N4O3/c1-4-7-10(17)13-8(16)5-15(7)9(6(2)3)11(18)14-12/h6-7,9H,4-5,12H2,1-3H3,(H,14,18)(H,13,16,17). The van der Waals surface area contributed by atoms with E-state index >= 15 is 0 Å². The molecule has 2 unspecified atom stereocenters. The van der Waals surface area contributed by atoms with Crippen molar-refractivity contribution in [2.75, 3.05) is 6.54 Å². The Morgan fingerprint density at radius 3 is 2.61 bits per heavy atom. The maximum Gasteiger partial charge on any atom is 0.251 e. The molecule has 1 saturated heterocycles. The summed E-state index contributed by atoms with van der Waals surface area (Å²) < 4.78 is 0. The lowest BCUT2D eigenvalue weighted by Crippen LogP contribution is -2.64. The first-order valence-corrected chi connectivity index (χ1v) is 6.02. The van der Waals surface area contributed by atoms with Gasteiger partial charge in [-0.3, -0.25) is 30.0 Å². The summed E-state index contributed by atoms with van der Waals surface area (Å²) in [6, 6.07) is -1.07. The Balaban J connectivity index is 3.02. The van der Waals surface area contributed by atoms with E-state index in [2.05, 4.69) is 10.7 Å². The average Bonchev–Trinajstić information content (AvgIpc) is 2.28. The lowest BCUT2D eigenvalue weighted by atomic mass is 9.97. The Morgan fingerprint density at radius 2 is 2.17 bits per heavy atom. The number of carbonyl (C=O) groups excluding carboxylic acids is 3. The van der Waals surface area contributed by atoms with Crippen molar-refractivity contribution in [1.82, 2.24) is 15.6 Å². The molecule has 1 rings (SSSR count). The summed E-state index contributed by atoms with van der Waals surface area (Å²) in [6.45, 7) is 5.57. The van der Waals surface area contributed by atoms with E-state index in [1.165, 1.54) is 0 Å². The fourth-order valence-electron chi connectivity index (χ4n) is 2.32. The van der Waals surface area contributed by atoms with Crippen molar-refractivity contribution in [2.45, 2.75) is 39.3 Å². The Bertz CT molecular complexity index is 356. The van der Waals surface area contributed by atoms with Crippen LogP contribution in [0.25, 0.3) is 0 Å². The van der Waals surface area contributed by atoms with Crippen molar-refractivity contribution in [3.8, 4) is 0 Å². The molecule has 1 aliphatic rings. The van der Waals surface area contributed by atoms with E-state index < -0.39 is 12.1 Å². The molecule has 3 amide bonds. The van der Waals surface area contributed by atoms with E-state index in [9.17, 15) is 14.4 Å². The lowest BCUT2D eigenvalue weighted by Gasteiger charge is -2.39. The van der Waals surface area contributed by atoms with Crippen LogP contribution >= 0.6 is 0 Å². The van der Waals surface area contributed by atoms with E-state index in [4.69, 9.17) is 5.84 Å². The minimum absolute atomic E-state index is 0.0283. The largest absolute Gasteiger partial charge is 0.294 e. The predicted molar refractivity (Wildman–Crippen MR) is 64.9 cm³/mol. The van der Waals surface area contributed by atoms with Gasteiger partial charge in [-0.15, -0.1) is 0 Å². The fourth-order valence-corrected chi connectivity index (χ4v) is 2.32. The zero-order valence-corrected chi connectivity index (χ0v) is 10.9. The van der Waals surface area contributed by atoms with Gasteiger partial charge in [0.25, 0.3) is 5.91 Å². The summed E-state index contributed by atoms with van der Waals surface area (Å²) in [5.74, 6) is 3.98. The number of imide groups is 1. The zero-order valence-electron chi connectivity index (χ0n) is 10.9. The van der Waals surface area contributed by atoms with Crippen LogP contribution in [0.1, 0.15) is 27.2 Å². The first-order chi connectivity index (χ1) is 8.42. The van der Waals surface area contributed by atoms with Crippen LogP contribution in [0.15, 0.2) is 0 Å². The van der Waals surface area contributed by atoms with Gasteiger partial charge < -0.3 is 0 Å². The number of rotatable bonds is 4. The van der Waals surface area contributed by atoms with Gasteiger partial charge in [-0.05, 0) is 12.3 Å². The number of piperazine rings is 1. The Labute approximate surface area is 106 Å². The minimum atomic E-state index is -0.588. The van der Waals surface area contributed by atoms with E-state index in [1.807, 2.05) is 20.8 Å². The molecule has 102 valence electrons. The van der Waals surface area contributed by atoms with Gasteiger partial charge in [0.05, 0.1) is 18.6 Å². The van der Waals surface area contributed by atoms with Crippen LogP contribution in [-0.4, -0.2) is 41.2 Å². The van der Waals surface area contributed by atoms with Crippen LogP contribution < -0.4 is 16.6 Å². The van der Waals surface area contributed by atoms with E-state index in [-0.39, 0.29) is 30.2 Å². The molecule has 0 bridgehead atoms. The van der Waals surface area contributed by atoms with Gasteiger partial charge in [0.2, 0.25) is 11.8 Å². The van der Waals surface area contributed by atoms with Crippen LogP contribution in [0.2, 0.25) is 0 Å². The molecule has 0 radical (unpaired) electrons. The number of carbonyl (C=O) groups is 3. The molecule has 1 fully saturated rings. The molecule has 18 heavy (non-hydrogen) atoms. The second-order valence-corrected chi connectivity index (χ2v) is 4.71. The number of nitrogens with two attached hydrogens (primary N) is 1. The first-order valence-electron chi connectivity index (χ1n) is 6.02. The van der Waals surface area contributed by atoms with Crippen molar-refractivity contribution >= 4 is 17.7 Å². The van der Waals surface area contributed by atoms with Gasteiger partial charge in [0.15, 0.2) is 0 Å². The highest BCUT2D eigenvalue weighted by Crippen LogP contribution is 2.18. The molecule has 0 aliphatic carbocycles. The molecule has 7 nitrogen and oxygen atoms in total. The number of amides is 3. The Hall–Kier alpha value is -1.47. The maximum atomic E-state index is 11.8. The Morgan fingerprint density at radius 1 is 1.56 bits per heavy atom. The third-order valence-electron chi connectivity index (χ3n) is 3.08. The molecular weight excluding hydrogens is 236 g/mol. The number of hydrogen-bond donors (Lipinski definition) is 3. The Kier molecular flexibility index (Phi) is 4.80. The second kappa shape index (κ2) is 5.92. The third-order valence-corrected chi connectivity index (χ3v) is 3.08. The number of nitrogens with zero attached hydrogens (tertiary/aromatic N) is 1. The van der Waals surface area contributed by atoms with E-state index in [0.717, 1.165) is 0 Å². The first kappa shape index (κ1) is 14.6. The number of hydrazine groups is 1. The zero-order chi connectivity index (χ0) is 13.9. The van der Waals surface area contributed by atoms with Crippen molar-refractivity contribution in [3.05, 3.63) is 0 Å².